The van der Waals surface area contributed by atoms with E-state index in [2.05, 4.69) is 38.1 Å². The number of rotatable bonds is 0. The molecule has 0 amide bonds. The maximum atomic E-state index is 8.81. The van der Waals surface area contributed by atoms with Crippen molar-refractivity contribution < 1.29 is 4.92 Å². The molecule has 0 N–H and O–H groups in total. The third-order valence-electron chi connectivity index (χ3n) is 1.43. The highest BCUT2D eigenvalue weighted by molar-refractivity contribution is 5.23. The summed E-state index contributed by atoms with van der Waals surface area (Å²) in [4.78, 5) is 8.31. The molecule has 1 rings (SSSR count). The summed E-state index contributed by atoms with van der Waals surface area (Å²) >= 11 is 0. The van der Waals surface area contributed by atoms with E-state index < -0.39 is 4.92 Å². The fraction of sp³-hybridized carbons (Fsp3) is 0.333. The van der Waals surface area contributed by atoms with Gasteiger partial charge in [-0.2, -0.15) is 0 Å². The zero-order chi connectivity index (χ0) is 9.56. The van der Waals surface area contributed by atoms with E-state index in [1.807, 2.05) is 0 Å². The molecule has 0 radical (unpaired) electrons. The minimum Gasteiger partial charge on any atom is -0.265 e. The van der Waals surface area contributed by atoms with Crippen molar-refractivity contribution in [2.75, 3.05) is 7.05 Å². The molecule has 0 saturated carbocycles. The van der Waals surface area contributed by atoms with E-state index in [4.69, 9.17) is 10.1 Å². The lowest BCUT2D eigenvalue weighted by Crippen LogP contribution is -1.79. The fourth-order valence-corrected chi connectivity index (χ4v) is 0.663. The summed E-state index contributed by atoms with van der Waals surface area (Å²) in [5.74, 6) is 0. The monoisotopic (exact) mass is 167 g/mol. The van der Waals surface area contributed by atoms with E-state index in [0.717, 1.165) is 7.05 Å². The van der Waals surface area contributed by atoms with Crippen LogP contribution in [-0.4, -0.2) is 12.0 Å². The van der Waals surface area contributed by atoms with E-state index in [1.165, 1.54) is 11.1 Å². The third-order valence-corrected chi connectivity index (χ3v) is 1.43. The van der Waals surface area contributed by atoms with Crippen LogP contribution in [-0.2, 0) is 0 Å². The molecule has 3 heteroatoms. The second-order valence-corrected chi connectivity index (χ2v) is 2.52. The molecule has 1 aromatic carbocycles. The summed E-state index contributed by atoms with van der Waals surface area (Å²) in [7, 11) is 0.889. The van der Waals surface area contributed by atoms with Crippen LogP contribution in [0.15, 0.2) is 24.3 Å². The van der Waals surface area contributed by atoms with E-state index >= 15 is 0 Å². The first-order valence-corrected chi connectivity index (χ1v) is 3.64. The Hall–Kier alpha value is -1.38. The van der Waals surface area contributed by atoms with E-state index in [1.54, 1.807) is 0 Å². The highest BCUT2D eigenvalue weighted by Gasteiger charge is 1.83. The lowest BCUT2D eigenvalue weighted by molar-refractivity contribution is -0.445. The highest BCUT2D eigenvalue weighted by Crippen LogP contribution is 2.02. The highest BCUT2D eigenvalue weighted by atomic mass is 16.6. The molecule has 0 spiro atoms. The van der Waals surface area contributed by atoms with Gasteiger partial charge in [0.05, 0.1) is 0 Å². The molecule has 0 bridgehead atoms. The molecule has 0 saturated heterocycles. The number of hydrogen-bond acceptors (Lipinski definition) is 2. The predicted octanol–water partition coefficient (Wildman–Crippen LogP) is 2.20. The van der Waals surface area contributed by atoms with Gasteiger partial charge in [-0.05, 0) is 25.0 Å². The Morgan fingerprint density at radius 3 is 1.58 bits per heavy atom. The van der Waals surface area contributed by atoms with Gasteiger partial charge in [0.15, 0.2) is 7.05 Å². The Morgan fingerprint density at radius 1 is 1.17 bits per heavy atom. The molecule has 0 fully saturated rings. The number of aryl methyl sites for hydroxylation is 2. The molecule has 12 heavy (non-hydrogen) atoms. The molecule has 0 aliphatic heterocycles. The van der Waals surface area contributed by atoms with Gasteiger partial charge in [-0.3, -0.25) is 10.1 Å². The molecular formula is C9H13NO2. The van der Waals surface area contributed by atoms with Crippen molar-refractivity contribution in [3.05, 3.63) is 45.5 Å². The van der Waals surface area contributed by atoms with Gasteiger partial charge in [0, 0.05) is 4.92 Å². The molecule has 1 aromatic rings. The van der Waals surface area contributed by atoms with Crippen molar-refractivity contribution in [1.82, 2.24) is 0 Å². The Bertz CT molecular complexity index is 233. The van der Waals surface area contributed by atoms with Crippen LogP contribution in [0, 0.1) is 24.0 Å². The molecule has 0 aliphatic carbocycles. The zero-order valence-electron chi connectivity index (χ0n) is 7.57. The van der Waals surface area contributed by atoms with Gasteiger partial charge in [0.25, 0.3) is 0 Å². The smallest absolute Gasteiger partial charge is 0.194 e. The zero-order valence-corrected chi connectivity index (χ0v) is 7.57. The van der Waals surface area contributed by atoms with Crippen LogP contribution in [0.3, 0.4) is 0 Å². The minimum atomic E-state index is -0.500. The van der Waals surface area contributed by atoms with E-state index in [0.29, 0.717) is 0 Å². The van der Waals surface area contributed by atoms with Gasteiger partial charge in [0.2, 0.25) is 0 Å². The molecule has 0 atom stereocenters. The third kappa shape index (κ3) is 5.41. The number of nitro groups is 1. The molecule has 0 aromatic heterocycles. The second-order valence-electron chi connectivity index (χ2n) is 2.52. The van der Waals surface area contributed by atoms with Crippen molar-refractivity contribution in [2.24, 2.45) is 0 Å². The van der Waals surface area contributed by atoms with Crippen LogP contribution < -0.4 is 0 Å². The Morgan fingerprint density at radius 2 is 1.42 bits per heavy atom. The Balaban J connectivity index is 0.000000261. The van der Waals surface area contributed by atoms with Crippen LogP contribution in [0.25, 0.3) is 0 Å². The van der Waals surface area contributed by atoms with Crippen molar-refractivity contribution in [2.45, 2.75) is 13.8 Å². The van der Waals surface area contributed by atoms with Crippen LogP contribution >= 0.6 is 0 Å². The standard InChI is InChI=1S/C8H10.CH3NO2/c1-7-5-3-4-6-8(7)2;1-2(3)4/h3-6H,1-2H3;1H3. The van der Waals surface area contributed by atoms with Crippen molar-refractivity contribution in [3.8, 4) is 0 Å². The van der Waals surface area contributed by atoms with E-state index in [-0.39, 0.29) is 0 Å². The van der Waals surface area contributed by atoms with Gasteiger partial charge in [-0.25, -0.2) is 0 Å². The quantitative estimate of drug-likeness (QED) is 0.439. The summed E-state index contributed by atoms with van der Waals surface area (Å²) in [5.41, 5.74) is 2.74. The maximum absolute atomic E-state index is 8.81. The van der Waals surface area contributed by atoms with Crippen LogP contribution in [0.4, 0.5) is 0 Å². The largest absolute Gasteiger partial charge is 0.265 e. The first-order valence-electron chi connectivity index (χ1n) is 3.64. The SMILES string of the molecule is C[N+](=O)[O-].Cc1ccccc1C. The molecular weight excluding hydrogens is 154 g/mol. The Kier molecular flexibility index (Phi) is 4.69. The van der Waals surface area contributed by atoms with Crippen molar-refractivity contribution >= 4 is 0 Å². The average molecular weight is 167 g/mol. The number of hydrogen-bond donors (Lipinski definition) is 0. The number of nitrogens with zero attached hydrogens (tertiary/aromatic N) is 1. The molecule has 0 unspecified atom stereocenters. The molecule has 0 aliphatic rings. The first kappa shape index (κ1) is 10.6. The van der Waals surface area contributed by atoms with Gasteiger partial charge in [-0.1, -0.05) is 24.3 Å². The van der Waals surface area contributed by atoms with Crippen LogP contribution in [0.1, 0.15) is 11.1 Å². The van der Waals surface area contributed by atoms with Crippen molar-refractivity contribution in [1.29, 1.82) is 0 Å². The molecule has 3 nitrogen and oxygen atoms in total. The summed E-state index contributed by atoms with van der Waals surface area (Å²) in [6.07, 6.45) is 0. The topological polar surface area (TPSA) is 43.1 Å². The second kappa shape index (κ2) is 5.29. The lowest BCUT2D eigenvalue weighted by Gasteiger charge is -1.93. The van der Waals surface area contributed by atoms with Gasteiger partial charge < -0.3 is 0 Å². The van der Waals surface area contributed by atoms with Gasteiger partial charge in [-0.15, -0.1) is 0 Å². The van der Waals surface area contributed by atoms with Crippen LogP contribution in [0.5, 0.6) is 0 Å². The number of benzene rings is 1. The summed E-state index contributed by atoms with van der Waals surface area (Å²) in [5, 5.41) is 8.81. The maximum Gasteiger partial charge on any atom is 0.194 e. The van der Waals surface area contributed by atoms with E-state index in [9.17, 15) is 0 Å². The van der Waals surface area contributed by atoms with Gasteiger partial charge in [0.1, 0.15) is 0 Å². The summed E-state index contributed by atoms with van der Waals surface area (Å²) < 4.78 is 0. The lowest BCUT2D eigenvalue weighted by atomic mass is 10.1. The van der Waals surface area contributed by atoms with Crippen LogP contribution in [0.2, 0.25) is 0 Å². The first-order chi connectivity index (χ1) is 5.54. The normalized spacial score (nSPS) is 8.25. The fourth-order valence-electron chi connectivity index (χ4n) is 0.663. The minimum absolute atomic E-state index is 0.500. The molecule has 66 valence electrons. The summed E-state index contributed by atoms with van der Waals surface area (Å²) in [6.45, 7) is 4.24. The predicted molar refractivity (Wildman–Crippen MR) is 48.8 cm³/mol. The average Bonchev–Trinajstić information content (AvgIpc) is 1.94. The molecule has 0 heterocycles. The Labute approximate surface area is 72.2 Å². The summed E-state index contributed by atoms with van der Waals surface area (Å²) in [6, 6.07) is 8.36. The van der Waals surface area contributed by atoms with Crippen molar-refractivity contribution in [3.63, 3.8) is 0 Å². The van der Waals surface area contributed by atoms with Gasteiger partial charge >= 0.3 is 0 Å².